The summed E-state index contributed by atoms with van der Waals surface area (Å²) in [5, 5.41) is 11.2. The predicted molar refractivity (Wildman–Crippen MR) is 92.2 cm³/mol. The molecule has 0 bridgehead atoms. The molecule has 124 valence electrons. The van der Waals surface area contributed by atoms with Gasteiger partial charge in [0, 0.05) is 11.1 Å². The molecule has 0 fully saturated rings. The molecule has 6 heteroatoms. The summed E-state index contributed by atoms with van der Waals surface area (Å²) >= 11 is 0. The summed E-state index contributed by atoms with van der Waals surface area (Å²) in [5.41, 5.74) is 5.33. The summed E-state index contributed by atoms with van der Waals surface area (Å²) in [5.74, 6) is 0.295. The topological polar surface area (TPSA) is 67.6 Å². The lowest BCUT2D eigenvalue weighted by atomic mass is 10.0. The van der Waals surface area contributed by atoms with Crippen LogP contribution in [0.2, 0.25) is 0 Å². The Morgan fingerprint density at radius 3 is 2.76 bits per heavy atom. The molecule has 0 spiro atoms. The van der Waals surface area contributed by atoms with Crippen molar-refractivity contribution in [3.05, 3.63) is 65.5 Å². The second kappa shape index (κ2) is 5.98. The maximum Gasteiger partial charge on any atom is 0.276 e. The van der Waals surface area contributed by atoms with Gasteiger partial charge in [0.1, 0.15) is 11.5 Å². The fourth-order valence-electron chi connectivity index (χ4n) is 2.66. The van der Waals surface area contributed by atoms with E-state index >= 15 is 0 Å². The molecule has 0 saturated carbocycles. The normalized spacial score (nSPS) is 11.0. The number of aryl methyl sites for hydroxylation is 2. The molecule has 0 atom stereocenters. The van der Waals surface area contributed by atoms with Crippen LogP contribution in [0.25, 0.3) is 34.2 Å². The number of aromatic nitrogens is 4. The Kier molecular flexibility index (Phi) is 3.65. The van der Waals surface area contributed by atoms with E-state index in [0.29, 0.717) is 23.0 Å². The lowest BCUT2D eigenvalue weighted by Gasteiger charge is -2.02. The average molecular weight is 334 g/mol. The highest BCUT2D eigenvalue weighted by Gasteiger charge is 2.15. The smallest absolute Gasteiger partial charge is 0.276 e. The second-order valence-corrected chi connectivity index (χ2v) is 5.92. The Morgan fingerprint density at radius 2 is 1.92 bits per heavy atom. The number of aromatic amines is 1. The zero-order valence-electron chi connectivity index (χ0n) is 13.7. The number of nitrogens with zero attached hydrogens (tertiary/aromatic N) is 3. The lowest BCUT2D eigenvalue weighted by Crippen LogP contribution is -1.84. The third kappa shape index (κ3) is 2.94. The summed E-state index contributed by atoms with van der Waals surface area (Å²) in [6.07, 6.45) is 0. The van der Waals surface area contributed by atoms with Crippen LogP contribution in [0, 0.1) is 19.7 Å². The van der Waals surface area contributed by atoms with Crippen molar-refractivity contribution in [3.8, 4) is 34.2 Å². The molecule has 4 aromatic rings. The molecule has 2 heterocycles. The average Bonchev–Trinajstić information content (AvgIpc) is 3.26. The van der Waals surface area contributed by atoms with Crippen LogP contribution in [-0.4, -0.2) is 20.3 Å². The van der Waals surface area contributed by atoms with Gasteiger partial charge in [0.25, 0.3) is 5.89 Å². The monoisotopic (exact) mass is 334 g/mol. The number of H-pyrrole nitrogens is 1. The first kappa shape index (κ1) is 15.3. The van der Waals surface area contributed by atoms with Gasteiger partial charge in [-0.1, -0.05) is 35.0 Å². The molecule has 5 nitrogen and oxygen atoms in total. The molecule has 0 radical (unpaired) electrons. The van der Waals surface area contributed by atoms with Crippen molar-refractivity contribution in [3.63, 3.8) is 0 Å². The summed E-state index contributed by atoms with van der Waals surface area (Å²) in [4.78, 5) is 4.32. The Balaban J connectivity index is 1.68. The van der Waals surface area contributed by atoms with Crippen LogP contribution in [0.3, 0.4) is 0 Å². The minimum absolute atomic E-state index is 0.309. The van der Waals surface area contributed by atoms with Crippen LogP contribution < -0.4 is 0 Å². The van der Waals surface area contributed by atoms with Crippen LogP contribution in [0.1, 0.15) is 11.1 Å². The zero-order valence-corrected chi connectivity index (χ0v) is 13.7. The van der Waals surface area contributed by atoms with E-state index in [1.165, 1.54) is 12.1 Å². The number of rotatable bonds is 3. The van der Waals surface area contributed by atoms with Crippen LogP contribution in [0.5, 0.6) is 0 Å². The van der Waals surface area contributed by atoms with E-state index in [-0.39, 0.29) is 5.82 Å². The van der Waals surface area contributed by atoms with Gasteiger partial charge in [-0.25, -0.2) is 4.39 Å². The van der Waals surface area contributed by atoms with E-state index in [0.717, 1.165) is 22.4 Å². The largest absolute Gasteiger partial charge is 0.332 e. The van der Waals surface area contributed by atoms with E-state index in [1.807, 2.05) is 19.9 Å². The summed E-state index contributed by atoms with van der Waals surface area (Å²) in [7, 11) is 0. The summed E-state index contributed by atoms with van der Waals surface area (Å²) in [6.45, 7) is 4.08. The number of benzene rings is 2. The maximum atomic E-state index is 13.3. The van der Waals surface area contributed by atoms with Gasteiger partial charge in [0.2, 0.25) is 5.82 Å². The summed E-state index contributed by atoms with van der Waals surface area (Å²) in [6, 6.07) is 14.1. The predicted octanol–water partition coefficient (Wildman–Crippen LogP) is 4.55. The Morgan fingerprint density at radius 1 is 1.04 bits per heavy atom. The lowest BCUT2D eigenvalue weighted by molar-refractivity contribution is 0.431. The van der Waals surface area contributed by atoms with Crippen LogP contribution in [0.4, 0.5) is 4.39 Å². The first-order valence-electron chi connectivity index (χ1n) is 7.83. The van der Waals surface area contributed by atoms with Gasteiger partial charge in [0.05, 0.1) is 5.69 Å². The molecule has 0 amide bonds. The molecular weight excluding hydrogens is 319 g/mol. The van der Waals surface area contributed by atoms with Crippen molar-refractivity contribution in [1.29, 1.82) is 0 Å². The second-order valence-electron chi connectivity index (χ2n) is 5.92. The molecular formula is C19H15FN4O. The fraction of sp³-hybridized carbons (Fsp3) is 0.105. The SMILES string of the molecule is Cc1ccc(C)c(-c2cc(-c3nc(-c4cccc(F)c4)no3)[nH]n2)c1. The van der Waals surface area contributed by atoms with E-state index < -0.39 is 0 Å². The quantitative estimate of drug-likeness (QED) is 0.597. The highest BCUT2D eigenvalue weighted by Crippen LogP contribution is 2.27. The minimum Gasteiger partial charge on any atom is -0.332 e. The zero-order chi connectivity index (χ0) is 17.4. The molecule has 1 N–H and O–H groups in total. The van der Waals surface area contributed by atoms with Gasteiger partial charge >= 0.3 is 0 Å². The molecule has 0 aliphatic rings. The fourth-order valence-corrected chi connectivity index (χ4v) is 2.66. The van der Waals surface area contributed by atoms with E-state index in [4.69, 9.17) is 4.52 Å². The molecule has 4 rings (SSSR count). The van der Waals surface area contributed by atoms with Crippen molar-refractivity contribution in [2.45, 2.75) is 13.8 Å². The van der Waals surface area contributed by atoms with Crippen LogP contribution in [-0.2, 0) is 0 Å². The summed E-state index contributed by atoms with van der Waals surface area (Å²) < 4.78 is 18.6. The third-order valence-electron chi connectivity index (χ3n) is 3.99. The molecule has 0 aliphatic heterocycles. The van der Waals surface area contributed by atoms with E-state index in [1.54, 1.807) is 12.1 Å². The molecule has 25 heavy (non-hydrogen) atoms. The Bertz CT molecular complexity index is 1050. The number of hydrogen-bond donors (Lipinski definition) is 1. The molecule has 0 saturated heterocycles. The van der Waals surface area contributed by atoms with Crippen LogP contribution >= 0.6 is 0 Å². The van der Waals surface area contributed by atoms with Crippen molar-refractivity contribution in [2.24, 2.45) is 0 Å². The highest BCUT2D eigenvalue weighted by atomic mass is 19.1. The van der Waals surface area contributed by atoms with Gasteiger partial charge < -0.3 is 4.52 Å². The maximum absolute atomic E-state index is 13.3. The minimum atomic E-state index is -0.345. The highest BCUT2D eigenvalue weighted by molar-refractivity contribution is 5.68. The first-order chi connectivity index (χ1) is 12.1. The molecule has 2 aromatic heterocycles. The van der Waals surface area contributed by atoms with E-state index in [9.17, 15) is 4.39 Å². The Hall–Kier alpha value is -3.28. The van der Waals surface area contributed by atoms with Gasteiger partial charge in [-0.05, 0) is 43.7 Å². The van der Waals surface area contributed by atoms with Crippen molar-refractivity contribution in [2.75, 3.05) is 0 Å². The van der Waals surface area contributed by atoms with Crippen molar-refractivity contribution in [1.82, 2.24) is 20.3 Å². The van der Waals surface area contributed by atoms with Crippen LogP contribution in [0.15, 0.2) is 53.1 Å². The molecule has 2 aromatic carbocycles. The van der Waals surface area contributed by atoms with Crippen molar-refractivity contribution < 1.29 is 8.91 Å². The van der Waals surface area contributed by atoms with Gasteiger partial charge in [-0.3, -0.25) is 5.10 Å². The number of halogens is 1. The molecule has 0 unspecified atom stereocenters. The third-order valence-corrected chi connectivity index (χ3v) is 3.99. The first-order valence-corrected chi connectivity index (χ1v) is 7.83. The number of nitrogens with one attached hydrogen (secondary N) is 1. The van der Waals surface area contributed by atoms with E-state index in [2.05, 4.69) is 38.5 Å². The molecule has 0 aliphatic carbocycles. The number of hydrogen-bond acceptors (Lipinski definition) is 4. The van der Waals surface area contributed by atoms with Gasteiger partial charge in [-0.2, -0.15) is 10.1 Å². The Labute approximate surface area is 143 Å². The van der Waals surface area contributed by atoms with Gasteiger partial charge in [0.15, 0.2) is 0 Å². The van der Waals surface area contributed by atoms with Gasteiger partial charge in [-0.15, -0.1) is 0 Å². The standard InChI is InChI=1S/C19H15FN4O/c1-11-6-7-12(2)15(8-11)16-10-17(23-22-16)19-21-18(24-25-19)13-4-3-5-14(20)9-13/h3-10H,1-2H3,(H,22,23). The van der Waals surface area contributed by atoms with Crippen molar-refractivity contribution >= 4 is 0 Å².